The zero-order chi connectivity index (χ0) is 12.4. The number of hydrogen-bond donors (Lipinski definition) is 1. The molecule has 0 spiro atoms. The number of hydrogen-bond acceptors (Lipinski definition) is 3. The lowest BCUT2D eigenvalue weighted by Gasteiger charge is -2.37. The highest BCUT2D eigenvalue weighted by Crippen LogP contribution is 2.17. The molecule has 5 heteroatoms. The number of carbonyl (C=O) groups excluding carboxylic acids is 2. The van der Waals surface area contributed by atoms with Gasteiger partial charge in [-0.05, 0) is 12.0 Å². The molecule has 1 aliphatic heterocycles. The van der Waals surface area contributed by atoms with Crippen molar-refractivity contribution >= 4 is 11.8 Å². The van der Waals surface area contributed by atoms with Gasteiger partial charge in [0, 0.05) is 13.1 Å². The van der Waals surface area contributed by atoms with Crippen LogP contribution in [0.1, 0.15) is 24.2 Å². The van der Waals surface area contributed by atoms with Crippen LogP contribution in [0.3, 0.4) is 0 Å². The van der Waals surface area contributed by atoms with Crippen molar-refractivity contribution < 1.29 is 14.0 Å². The van der Waals surface area contributed by atoms with Crippen molar-refractivity contribution in [2.24, 2.45) is 5.92 Å². The third-order valence-electron chi connectivity index (χ3n) is 2.92. The molecular weight excluding hydrogens is 220 g/mol. The molecule has 0 aliphatic carbocycles. The van der Waals surface area contributed by atoms with Crippen LogP contribution in [-0.2, 0) is 4.79 Å². The fraction of sp³-hybridized carbons (Fsp3) is 0.500. The lowest BCUT2D eigenvalue weighted by Crippen LogP contribution is -2.59. The van der Waals surface area contributed by atoms with Crippen molar-refractivity contribution in [1.29, 1.82) is 0 Å². The van der Waals surface area contributed by atoms with Gasteiger partial charge in [0.1, 0.15) is 12.3 Å². The molecule has 1 aromatic rings. The first kappa shape index (κ1) is 11.7. The van der Waals surface area contributed by atoms with E-state index in [4.69, 9.17) is 4.42 Å². The lowest BCUT2D eigenvalue weighted by molar-refractivity contribution is -0.129. The minimum atomic E-state index is -0.397. The summed E-state index contributed by atoms with van der Waals surface area (Å²) in [7, 11) is 0. The van der Waals surface area contributed by atoms with Gasteiger partial charge in [-0.3, -0.25) is 9.59 Å². The van der Waals surface area contributed by atoms with Gasteiger partial charge in [0.2, 0.25) is 5.91 Å². The molecule has 1 N–H and O–H groups in total. The Morgan fingerprint density at radius 1 is 1.59 bits per heavy atom. The second kappa shape index (κ2) is 4.61. The maximum Gasteiger partial charge on any atom is 0.257 e. The minimum absolute atomic E-state index is 0.0805. The van der Waals surface area contributed by atoms with Crippen LogP contribution < -0.4 is 5.32 Å². The monoisotopic (exact) mass is 236 g/mol. The van der Waals surface area contributed by atoms with Crippen LogP contribution >= 0.6 is 0 Å². The van der Waals surface area contributed by atoms with E-state index in [9.17, 15) is 9.59 Å². The Morgan fingerprint density at radius 3 is 2.94 bits per heavy atom. The molecule has 0 aromatic carbocycles. The topological polar surface area (TPSA) is 62.6 Å². The molecule has 5 nitrogen and oxygen atoms in total. The number of piperazine rings is 1. The van der Waals surface area contributed by atoms with E-state index in [2.05, 4.69) is 5.32 Å². The molecule has 1 unspecified atom stereocenters. The van der Waals surface area contributed by atoms with E-state index in [1.165, 1.54) is 12.5 Å². The Morgan fingerprint density at radius 2 is 2.35 bits per heavy atom. The predicted octanol–water partition coefficient (Wildman–Crippen LogP) is 0.876. The molecule has 92 valence electrons. The zero-order valence-corrected chi connectivity index (χ0v) is 9.97. The van der Waals surface area contributed by atoms with Crippen LogP contribution in [0.15, 0.2) is 23.0 Å². The average Bonchev–Trinajstić information content (AvgIpc) is 2.80. The summed E-state index contributed by atoms with van der Waals surface area (Å²) in [6.45, 7) is 4.92. The van der Waals surface area contributed by atoms with E-state index in [-0.39, 0.29) is 17.7 Å². The summed E-state index contributed by atoms with van der Waals surface area (Å²) in [5, 5.41) is 2.79. The third kappa shape index (κ3) is 2.18. The second-order valence-electron chi connectivity index (χ2n) is 4.49. The molecule has 2 amide bonds. The molecule has 0 bridgehead atoms. The number of nitrogens with one attached hydrogen (secondary N) is 1. The van der Waals surface area contributed by atoms with Gasteiger partial charge in [0.25, 0.3) is 5.91 Å². The maximum absolute atomic E-state index is 12.2. The van der Waals surface area contributed by atoms with Crippen LogP contribution in [-0.4, -0.2) is 35.8 Å². The third-order valence-corrected chi connectivity index (χ3v) is 2.92. The average molecular weight is 236 g/mol. The number of furan rings is 1. The van der Waals surface area contributed by atoms with E-state index >= 15 is 0 Å². The predicted molar refractivity (Wildman–Crippen MR) is 61.4 cm³/mol. The first-order chi connectivity index (χ1) is 8.11. The highest BCUT2D eigenvalue weighted by atomic mass is 16.3. The molecule has 1 atom stereocenters. The first-order valence-corrected chi connectivity index (χ1v) is 5.72. The summed E-state index contributed by atoms with van der Waals surface area (Å²) >= 11 is 0. The van der Waals surface area contributed by atoms with Crippen LogP contribution in [0.4, 0.5) is 0 Å². The molecule has 0 saturated carbocycles. The standard InChI is InChI=1S/C12H16N2O3/c1-8(2)10-11(15)13-4-5-14(10)12(16)9-3-6-17-7-9/h3,6-8,10H,4-5H2,1-2H3,(H,13,15). The summed E-state index contributed by atoms with van der Waals surface area (Å²) in [5.74, 6) is -0.137. The van der Waals surface area contributed by atoms with Crippen molar-refractivity contribution in [3.05, 3.63) is 24.2 Å². The molecular formula is C12H16N2O3. The molecule has 1 aliphatic rings. The smallest absolute Gasteiger partial charge is 0.257 e. The van der Waals surface area contributed by atoms with Gasteiger partial charge in [0.15, 0.2) is 0 Å². The molecule has 2 rings (SSSR count). The quantitative estimate of drug-likeness (QED) is 0.829. The molecule has 1 fully saturated rings. The first-order valence-electron chi connectivity index (χ1n) is 5.72. The number of rotatable bonds is 2. The Kier molecular flexibility index (Phi) is 3.17. The van der Waals surface area contributed by atoms with Gasteiger partial charge in [-0.25, -0.2) is 0 Å². The van der Waals surface area contributed by atoms with Crippen molar-refractivity contribution in [2.75, 3.05) is 13.1 Å². The maximum atomic E-state index is 12.2. The highest BCUT2D eigenvalue weighted by molar-refractivity contribution is 5.98. The van der Waals surface area contributed by atoms with Gasteiger partial charge >= 0.3 is 0 Å². The van der Waals surface area contributed by atoms with Crippen molar-refractivity contribution in [3.8, 4) is 0 Å². The zero-order valence-electron chi connectivity index (χ0n) is 9.97. The summed E-state index contributed by atoms with van der Waals surface area (Å²) < 4.78 is 4.90. The molecule has 1 saturated heterocycles. The van der Waals surface area contributed by atoms with Crippen LogP contribution in [0.5, 0.6) is 0 Å². The van der Waals surface area contributed by atoms with Crippen LogP contribution in [0.2, 0.25) is 0 Å². The summed E-state index contributed by atoms with van der Waals surface area (Å²) in [5.41, 5.74) is 0.491. The normalized spacial score (nSPS) is 20.5. The fourth-order valence-electron chi connectivity index (χ4n) is 2.13. The molecule has 2 heterocycles. The molecule has 1 aromatic heterocycles. The largest absolute Gasteiger partial charge is 0.472 e. The van der Waals surface area contributed by atoms with Gasteiger partial charge < -0.3 is 14.6 Å². The highest BCUT2D eigenvalue weighted by Gasteiger charge is 2.35. The van der Waals surface area contributed by atoms with E-state index in [0.29, 0.717) is 18.7 Å². The van der Waals surface area contributed by atoms with Crippen molar-refractivity contribution in [1.82, 2.24) is 10.2 Å². The van der Waals surface area contributed by atoms with Gasteiger partial charge in [-0.1, -0.05) is 13.8 Å². The molecule has 0 radical (unpaired) electrons. The lowest BCUT2D eigenvalue weighted by atomic mass is 9.99. The summed E-state index contributed by atoms with van der Waals surface area (Å²) in [6, 6.07) is 1.22. The Balaban J connectivity index is 2.23. The van der Waals surface area contributed by atoms with Gasteiger partial charge in [-0.15, -0.1) is 0 Å². The van der Waals surface area contributed by atoms with Crippen molar-refractivity contribution in [3.63, 3.8) is 0 Å². The van der Waals surface area contributed by atoms with Gasteiger partial charge in [-0.2, -0.15) is 0 Å². The SMILES string of the molecule is CC(C)C1C(=O)NCCN1C(=O)c1ccoc1. The second-order valence-corrected chi connectivity index (χ2v) is 4.49. The summed E-state index contributed by atoms with van der Waals surface area (Å²) in [4.78, 5) is 25.6. The number of amides is 2. The van der Waals surface area contributed by atoms with E-state index < -0.39 is 6.04 Å². The van der Waals surface area contributed by atoms with Crippen molar-refractivity contribution in [2.45, 2.75) is 19.9 Å². The Hall–Kier alpha value is -1.78. The Bertz CT molecular complexity index is 411. The fourth-order valence-corrected chi connectivity index (χ4v) is 2.13. The number of carbonyl (C=O) groups is 2. The number of nitrogens with zero attached hydrogens (tertiary/aromatic N) is 1. The van der Waals surface area contributed by atoms with Crippen LogP contribution in [0.25, 0.3) is 0 Å². The summed E-state index contributed by atoms with van der Waals surface area (Å²) in [6.07, 6.45) is 2.87. The Labute approximate surface area is 99.8 Å². The van der Waals surface area contributed by atoms with E-state index in [1.807, 2.05) is 13.8 Å². The minimum Gasteiger partial charge on any atom is -0.472 e. The van der Waals surface area contributed by atoms with E-state index in [0.717, 1.165) is 0 Å². The van der Waals surface area contributed by atoms with Crippen LogP contribution in [0, 0.1) is 5.92 Å². The molecule has 17 heavy (non-hydrogen) atoms. The van der Waals surface area contributed by atoms with E-state index in [1.54, 1.807) is 11.0 Å². The van der Waals surface area contributed by atoms with Gasteiger partial charge in [0.05, 0.1) is 11.8 Å².